The van der Waals surface area contributed by atoms with Gasteiger partial charge in [0.25, 0.3) is 0 Å². The molecule has 1 fully saturated rings. The lowest BCUT2D eigenvalue weighted by molar-refractivity contribution is -0.303. The van der Waals surface area contributed by atoms with Gasteiger partial charge in [-0.2, -0.15) is 0 Å². The summed E-state index contributed by atoms with van der Waals surface area (Å²) in [7, 11) is 0. The molecule has 8 atom stereocenters. The Morgan fingerprint density at radius 2 is 1.73 bits per heavy atom. The number of carbonyl (C=O) groups excluding carboxylic acids is 2. The molecule has 0 aromatic heterocycles. The molecule has 0 saturated carbocycles. The zero-order valence-corrected chi connectivity index (χ0v) is 25.2. The fraction of sp³-hybridized carbons (Fsp3) is 0.576. The molecule has 0 amide bonds. The van der Waals surface area contributed by atoms with Crippen molar-refractivity contribution in [3.05, 3.63) is 71.4 Å². The van der Waals surface area contributed by atoms with Crippen LogP contribution in [-0.2, 0) is 19.1 Å². The fourth-order valence-corrected chi connectivity index (χ4v) is 5.19. The van der Waals surface area contributed by atoms with Gasteiger partial charge in [0.1, 0.15) is 12.2 Å². The second kappa shape index (κ2) is 16.1. The van der Waals surface area contributed by atoms with Gasteiger partial charge in [-0.05, 0) is 44.1 Å². The first-order chi connectivity index (χ1) is 19.3. The molecule has 0 unspecified atom stereocenters. The maximum Gasteiger partial charge on any atom is 0.309 e. The molecule has 0 spiro atoms. The summed E-state index contributed by atoms with van der Waals surface area (Å²) in [5.41, 5.74) is 1.53. The summed E-state index contributed by atoms with van der Waals surface area (Å²) in [4.78, 5) is 25.4. The lowest BCUT2D eigenvalue weighted by atomic mass is 9.79. The summed E-state index contributed by atoms with van der Waals surface area (Å²) in [5.74, 6) is -2.99. The van der Waals surface area contributed by atoms with E-state index in [1.54, 1.807) is 63.3 Å². The molecule has 0 aliphatic carbocycles. The van der Waals surface area contributed by atoms with E-state index in [4.69, 9.17) is 9.47 Å². The molecule has 4 N–H and O–H groups in total. The Bertz CT molecular complexity index is 1080. The first kappa shape index (κ1) is 34.6. The highest BCUT2D eigenvalue weighted by molar-refractivity contribution is 5.99. The van der Waals surface area contributed by atoms with E-state index in [9.17, 15) is 30.0 Å². The summed E-state index contributed by atoms with van der Waals surface area (Å²) in [6, 6.07) is 0. The number of cyclic esters (lactones) is 1. The van der Waals surface area contributed by atoms with Crippen molar-refractivity contribution in [1.82, 2.24) is 0 Å². The summed E-state index contributed by atoms with van der Waals surface area (Å²) in [5, 5.41) is 42.6. The van der Waals surface area contributed by atoms with Gasteiger partial charge in [-0.3, -0.25) is 9.59 Å². The zero-order valence-electron chi connectivity index (χ0n) is 25.2. The Kier molecular flexibility index (Phi) is 13.6. The van der Waals surface area contributed by atoms with Crippen molar-refractivity contribution in [3.8, 4) is 0 Å². The van der Waals surface area contributed by atoms with Crippen molar-refractivity contribution >= 4 is 11.8 Å². The molecule has 0 bridgehead atoms. The number of aliphatic hydroxyl groups is 4. The normalized spacial score (nSPS) is 40.0. The van der Waals surface area contributed by atoms with E-state index in [-0.39, 0.29) is 24.7 Å². The number of Topliss-reactive ketones (excluding diaryl/α,β-unsaturated/α-hetero) is 1. The Hall–Kier alpha value is -2.62. The number of rotatable bonds is 4. The topological polar surface area (TPSA) is 134 Å². The van der Waals surface area contributed by atoms with Crippen molar-refractivity contribution in [2.45, 2.75) is 110 Å². The van der Waals surface area contributed by atoms with Gasteiger partial charge < -0.3 is 29.9 Å². The lowest BCUT2D eigenvalue weighted by Crippen LogP contribution is -2.54. The molecule has 1 saturated heterocycles. The van der Waals surface area contributed by atoms with E-state index < -0.39 is 48.1 Å². The molecule has 228 valence electrons. The van der Waals surface area contributed by atoms with Crippen molar-refractivity contribution in [2.24, 2.45) is 11.8 Å². The molecule has 8 nitrogen and oxygen atoms in total. The maximum absolute atomic E-state index is 12.9. The van der Waals surface area contributed by atoms with E-state index in [1.807, 2.05) is 26.8 Å². The van der Waals surface area contributed by atoms with Gasteiger partial charge in [0, 0.05) is 31.1 Å². The van der Waals surface area contributed by atoms with Crippen molar-refractivity contribution < 1.29 is 39.5 Å². The maximum atomic E-state index is 12.9. The highest BCUT2D eigenvalue weighted by Gasteiger charge is 2.47. The van der Waals surface area contributed by atoms with Crippen LogP contribution in [-0.4, -0.2) is 68.5 Å². The molecule has 8 heteroatoms. The van der Waals surface area contributed by atoms with Gasteiger partial charge in [-0.25, -0.2) is 0 Å². The summed E-state index contributed by atoms with van der Waals surface area (Å²) in [6.45, 7) is 10.7. The van der Waals surface area contributed by atoms with Crippen LogP contribution < -0.4 is 0 Å². The molecule has 0 radical (unpaired) electrons. The van der Waals surface area contributed by atoms with E-state index in [2.05, 4.69) is 0 Å². The van der Waals surface area contributed by atoms with Crippen LogP contribution in [0, 0.1) is 11.8 Å². The van der Waals surface area contributed by atoms with Crippen molar-refractivity contribution in [2.75, 3.05) is 0 Å². The minimum Gasteiger partial charge on any atom is -0.461 e. The molecular weight excluding hydrogens is 524 g/mol. The van der Waals surface area contributed by atoms with Crippen LogP contribution in [0.5, 0.6) is 0 Å². The molecule has 2 aliphatic heterocycles. The molecule has 0 aromatic carbocycles. The first-order valence-electron chi connectivity index (χ1n) is 14.5. The highest BCUT2D eigenvalue weighted by Crippen LogP contribution is 2.39. The van der Waals surface area contributed by atoms with Gasteiger partial charge in [0.2, 0.25) is 0 Å². The number of ketones is 1. The summed E-state index contributed by atoms with van der Waals surface area (Å²) < 4.78 is 12.1. The second-order valence-corrected chi connectivity index (χ2v) is 11.4. The Labute approximate surface area is 244 Å². The van der Waals surface area contributed by atoms with Crippen LogP contribution in [0.15, 0.2) is 71.4 Å². The SMILES string of the molecule is CCC[C@]1(O)C[C@H](O)[C@@H](C)[C@H]([C@H](C)[C@@H]2C/C=C/C=C/C=C/[C@H](O)C(=O)/C(C)=C/C(C)=C/[C@@H](O)/C(C)=C/CC(=O)O2)O1. The van der Waals surface area contributed by atoms with Crippen molar-refractivity contribution in [1.29, 1.82) is 0 Å². The third kappa shape index (κ3) is 10.6. The predicted octanol–water partition coefficient (Wildman–Crippen LogP) is 4.40. The number of ether oxygens (including phenoxy) is 2. The highest BCUT2D eigenvalue weighted by atomic mass is 16.6. The predicted molar refractivity (Wildman–Crippen MR) is 159 cm³/mol. The number of carbonyl (C=O) groups is 2. The molecule has 0 aromatic rings. The Balaban J connectivity index is 2.36. The largest absolute Gasteiger partial charge is 0.461 e. The minimum absolute atomic E-state index is 0.0591. The standard InChI is InChI=1S/C33H48O8/c1-7-17-33(39)20-28(36)24(5)32(41-33)25(6)29-14-12-10-8-9-11-13-26(34)31(38)23(4)18-21(2)19-27(35)22(3)15-16-30(37)40-29/h8-13,15,18-19,24-29,32,34-36,39H,7,14,16-17,20H2,1-6H3/b9-8+,12-10+,13-11+,21-19+,22-15+,23-18+/t24-,25-,26+,27-,28+,29+,32-,33-/m1/s1. The lowest BCUT2D eigenvalue weighted by Gasteiger charge is -2.46. The number of aliphatic hydroxyl groups excluding tert-OH is 3. The molecule has 2 rings (SSSR count). The van der Waals surface area contributed by atoms with Gasteiger partial charge >= 0.3 is 5.97 Å². The fourth-order valence-electron chi connectivity index (χ4n) is 5.19. The second-order valence-electron chi connectivity index (χ2n) is 11.4. The van der Waals surface area contributed by atoms with Crippen molar-refractivity contribution in [3.63, 3.8) is 0 Å². The van der Waals surface area contributed by atoms with E-state index in [0.29, 0.717) is 36.0 Å². The van der Waals surface area contributed by atoms with Crippen LogP contribution in [0.1, 0.15) is 73.6 Å². The van der Waals surface area contributed by atoms with Crippen LogP contribution >= 0.6 is 0 Å². The van der Waals surface area contributed by atoms with E-state index in [0.717, 1.165) is 0 Å². The van der Waals surface area contributed by atoms with Crippen LogP contribution in [0.4, 0.5) is 0 Å². The first-order valence-corrected chi connectivity index (χ1v) is 14.5. The molecular formula is C33H48O8. The third-order valence-electron chi connectivity index (χ3n) is 7.75. The average Bonchev–Trinajstić information content (AvgIpc) is 2.90. The smallest absolute Gasteiger partial charge is 0.309 e. The number of esters is 1. The van der Waals surface area contributed by atoms with E-state index >= 15 is 0 Å². The quantitative estimate of drug-likeness (QED) is 0.288. The number of hydrogen-bond donors (Lipinski definition) is 4. The van der Waals surface area contributed by atoms with Crippen LogP contribution in [0.2, 0.25) is 0 Å². The van der Waals surface area contributed by atoms with Gasteiger partial charge in [-0.15, -0.1) is 0 Å². The number of allylic oxidation sites excluding steroid dienone is 6. The van der Waals surface area contributed by atoms with E-state index in [1.165, 1.54) is 6.08 Å². The monoisotopic (exact) mass is 572 g/mol. The minimum atomic E-state index is -1.44. The summed E-state index contributed by atoms with van der Waals surface area (Å²) in [6.07, 6.45) is 12.1. The molecule has 2 aliphatic rings. The molecule has 41 heavy (non-hydrogen) atoms. The Morgan fingerprint density at radius 1 is 1.05 bits per heavy atom. The van der Waals surface area contributed by atoms with Crippen LogP contribution in [0.25, 0.3) is 0 Å². The molecule has 2 heterocycles. The number of hydrogen-bond acceptors (Lipinski definition) is 8. The average molecular weight is 573 g/mol. The van der Waals surface area contributed by atoms with Crippen LogP contribution in [0.3, 0.4) is 0 Å². The third-order valence-corrected chi connectivity index (χ3v) is 7.75. The van der Waals surface area contributed by atoms with Gasteiger partial charge in [0.15, 0.2) is 11.6 Å². The van der Waals surface area contributed by atoms with Gasteiger partial charge in [0.05, 0.1) is 24.7 Å². The zero-order chi connectivity index (χ0) is 30.7. The summed E-state index contributed by atoms with van der Waals surface area (Å²) >= 11 is 0. The van der Waals surface area contributed by atoms with Gasteiger partial charge in [-0.1, -0.05) is 75.3 Å². The Morgan fingerprint density at radius 3 is 2.41 bits per heavy atom.